The summed E-state index contributed by atoms with van der Waals surface area (Å²) < 4.78 is 1.80. The van der Waals surface area contributed by atoms with E-state index in [1.165, 1.54) is 0 Å². The standard InChI is InChI=1S/C15H20N4OS/c1-11-8-12(2)19(17-11)10-14(20)18-6-3-4-13(9-18)15-16-5-7-21-15/h5,7-8,13H,3-4,6,9-10H2,1-2H3/t13-/m1/s1. The highest BCUT2D eigenvalue weighted by Crippen LogP contribution is 2.28. The Labute approximate surface area is 128 Å². The number of rotatable bonds is 3. The van der Waals surface area contributed by atoms with Crippen molar-refractivity contribution in [3.63, 3.8) is 0 Å². The predicted octanol–water partition coefficient (Wildman–Crippen LogP) is 2.36. The van der Waals surface area contributed by atoms with Crippen LogP contribution in [0.3, 0.4) is 0 Å². The number of carbonyl (C=O) groups is 1. The third-order valence-corrected chi connectivity index (χ3v) is 4.90. The maximum atomic E-state index is 12.5. The van der Waals surface area contributed by atoms with E-state index in [1.807, 2.05) is 36.4 Å². The van der Waals surface area contributed by atoms with E-state index in [1.54, 1.807) is 16.0 Å². The first-order chi connectivity index (χ1) is 10.1. The first-order valence-electron chi connectivity index (χ1n) is 7.31. The molecular weight excluding hydrogens is 284 g/mol. The molecule has 1 saturated heterocycles. The summed E-state index contributed by atoms with van der Waals surface area (Å²) in [6.07, 6.45) is 4.01. The number of hydrogen-bond acceptors (Lipinski definition) is 4. The molecule has 21 heavy (non-hydrogen) atoms. The zero-order valence-corrected chi connectivity index (χ0v) is 13.3. The number of carbonyl (C=O) groups excluding carboxylic acids is 1. The average Bonchev–Trinajstić information content (AvgIpc) is 3.09. The number of aryl methyl sites for hydroxylation is 2. The Bertz CT molecular complexity index is 620. The Hall–Kier alpha value is -1.69. The Balaban J connectivity index is 1.66. The topological polar surface area (TPSA) is 51.0 Å². The van der Waals surface area contributed by atoms with E-state index >= 15 is 0 Å². The minimum Gasteiger partial charge on any atom is -0.340 e. The van der Waals surface area contributed by atoms with Gasteiger partial charge >= 0.3 is 0 Å². The van der Waals surface area contributed by atoms with Gasteiger partial charge in [-0.1, -0.05) is 0 Å². The molecule has 0 saturated carbocycles. The van der Waals surface area contributed by atoms with Crippen LogP contribution in [0.15, 0.2) is 17.6 Å². The lowest BCUT2D eigenvalue weighted by molar-refractivity contribution is -0.133. The van der Waals surface area contributed by atoms with Crippen molar-refractivity contribution < 1.29 is 4.79 Å². The van der Waals surface area contributed by atoms with Crippen LogP contribution in [0, 0.1) is 13.8 Å². The second-order valence-electron chi connectivity index (χ2n) is 5.63. The summed E-state index contributed by atoms with van der Waals surface area (Å²) in [6, 6.07) is 2.00. The van der Waals surface area contributed by atoms with Gasteiger partial charge < -0.3 is 4.90 Å². The van der Waals surface area contributed by atoms with E-state index in [2.05, 4.69) is 10.1 Å². The molecule has 2 aromatic heterocycles. The SMILES string of the molecule is Cc1cc(C)n(CC(=O)N2CCC[C@@H](c3nccs3)C2)n1. The molecule has 0 aliphatic carbocycles. The van der Waals surface area contributed by atoms with Gasteiger partial charge in [0.15, 0.2) is 0 Å². The summed E-state index contributed by atoms with van der Waals surface area (Å²) in [5, 5.41) is 7.53. The molecule has 0 bridgehead atoms. The van der Waals surface area contributed by atoms with Gasteiger partial charge in [-0.05, 0) is 32.8 Å². The monoisotopic (exact) mass is 304 g/mol. The minimum absolute atomic E-state index is 0.155. The summed E-state index contributed by atoms with van der Waals surface area (Å²) in [5.74, 6) is 0.547. The van der Waals surface area contributed by atoms with Crippen molar-refractivity contribution in [1.82, 2.24) is 19.7 Å². The number of piperidine rings is 1. The molecule has 5 nitrogen and oxygen atoms in total. The van der Waals surface area contributed by atoms with E-state index in [0.717, 1.165) is 42.3 Å². The lowest BCUT2D eigenvalue weighted by atomic mass is 9.99. The van der Waals surface area contributed by atoms with Crippen LogP contribution >= 0.6 is 11.3 Å². The third kappa shape index (κ3) is 3.15. The molecule has 1 fully saturated rings. The Morgan fingerprint density at radius 2 is 2.33 bits per heavy atom. The second-order valence-corrected chi connectivity index (χ2v) is 6.56. The van der Waals surface area contributed by atoms with Crippen LogP contribution in [-0.4, -0.2) is 38.7 Å². The molecule has 1 aliphatic heterocycles. The lowest BCUT2D eigenvalue weighted by Gasteiger charge is -2.32. The lowest BCUT2D eigenvalue weighted by Crippen LogP contribution is -2.41. The van der Waals surface area contributed by atoms with Crippen LogP contribution in [0.5, 0.6) is 0 Å². The number of nitrogens with zero attached hydrogens (tertiary/aromatic N) is 4. The van der Waals surface area contributed by atoms with E-state index in [-0.39, 0.29) is 5.91 Å². The zero-order valence-electron chi connectivity index (χ0n) is 12.5. The normalized spacial score (nSPS) is 19.0. The maximum Gasteiger partial charge on any atom is 0.244 e. The highest BCUT2D eigenvalue weighted by Gasteiger charge is 2.26. The van der Waals surface area contributed by atoms with E-state index < -0.39 is 0 Å². The quantitative estimate of drug-likeness (QED) is 0.874. The van der Waals surface area contributed by atoms with Crippen molar-refractivity contribution in [2.24, 2.45) is 0 Å². The molecule has 6 heteroatoms. The second kappa shape index (κ2) is 5.97. The van der Waals surface area contributed by atoms with E-state index in [4.69, 9.17) is 0 Å². The molecule has 0 spiro atoms. The fourth-order valence-electron chi connectivity index (χ4n) is 2.90. The van der Waals surface area contributed by atoms with Crippen molar-refractivity contribution in [1.29, 1.82) is 0 Å². The summed E-state index contributed by atoms with van der Waals surface area (Å²) in [4.78, 5) is 18.9. The smallest absolute Gasteiger partial charge is 0.244 e. The van der Waals surface area contributed by atoms with Gasteiger partial charge in [-0.2, -0.15) is 5.10 Å². The number of amides is 1. The Morgan fingerprint density at radius 3 is 3.00 bits per heavy atom. The molecule has 1 amide bonds. The largest absolute Gasteiger partial charge is 0.340 e. The van der Waals surface area contributed by atoms with Crippen LogP contribution < -0.4 is 0 Å². The maximum absolute atomic E-state index is 12.5. The summed E-state index contributed by atoms with van der Waals surface area (Å²) in [7, 11) is 0. The van der Waals surface area contributed by atoms with Gasteiger partial charge in [-0.15, -0.1) is 11.3 Å². The van der Waals surface area contributed by atoms with Crippen molar-refractivity contribution in [3.05, 3.63) is 34.0 Å². The number of thiazole rings is 1. The van der Waals surface area contributed by atoms with Gasteiger partial charge in [0.25, 0.3) is 0 Å². The Morgan fingerprint density at radius 1 is 1.48 bits per heavy atom. The summed E-state index contributed by atoms with van der Waals surface area (Å²) in [5.41, 5.74) is 1.99. The average molecular weight is 304 g/mol. The van der Waals surface area contributed by atoms with Gasteiger partial charge in [-0.25, -0.2) is 4.98 Å². The molecule has 1 atom stereocenters. The van der Waals surface area contributed by atoms with E-state index in [9.17, 15) is 4.79 Å². The fourth-order valence-corrected chi connectivity index (χ4v) is 3.67. The molecular formula is C15H20N4OS. The first-order valence-corrected chi connectivity index (χ1v) is 8.19. The van der Waals surface area contributed by atoms with Gasteiger partial charge in [0, 0.05) is 36.3 Å². The van der Waals surface area contributed by atoms with Gasteiger partial charge in [-0.3, -0.25) is 9.48 Å². The van der Waals surface area contributed by atoms with Crippen LogP contribution in [0.4, 0.5) is 0 Å². The van der Waals surface area contributed by atoms with Gasteiger partial charge in [0.2, 0.25) is 5.91 Å². The first kappa shape index (κ1) is 14.3. The van der Waals surface area contributed by atoms with Crippen molar-refractivity contribution in [3.8, 4) is 0 Å². The van der Waals surface area contributed by atoms with Crippen LogP contribution in [0.1, 0.15) is 35.2 Å². The number of aromatic nitrogens is 3. The predicted molar refractivity (Wildman–Crippen MR) is 82.4 cm³/mol. The highest BCUT2D eigenvalue weighted by molar-refractivity contribution is 7.09. The molecule has 0 aromatic carbocycles. The molecule has 0 radical (unpaired) electrons. The van der Waals surface area contributed by atoms with Crippen molar-refractivity contribution in [2.75, 3.05) is 13.1 Å². The third-order valence-electron chi connectivity index (χ3n) is 3.96. The summed E-state index contributed by atoms with van der Waals surface area (Å²) in [6.45, 7) is 5.91. The molecule has 0 N–H and O–H groups in total. The summed E-state index contributed by atoms with van der Waals surface area (Å²) >= 11 is 1.69. The number of likely N-dealkylation sites (tertiary alicyclic amines) is 1. The van der Waals surface area contributed by atoms with Crippen molar-refractivity contribution >= 4 is 17.2 Å². The molecule has 0 unspecified atom stereocenters. The fraction of sp³-hybridized carbons (Fsp3) is 0.533. The number of hydrogen-bond donors (Lipinski definition) is 0. The molecule has 1 aliphatic rings. The van der Waals surface area contributed by atoms with Gasteiger partial charge in [0.05, 0.1) is 10.7 Å². The van der Waals surface area contributed by atoms with Crippen LogP contribution in [0.25, 0.3) is 0 Å². The highest BCUT2D eigenvalue weighted by atomic mass is 32.1. The van der Waals surface area contributed by atoms with Crippen molar-refractivity contribution in [2.45, 2.75) is 39.2 Å². The van der Waals surface area contributed by atoms with Gasteiger partial charge in [0.1, 0.15) is 6.54 Å². The Kier molecular flexibility index (Phi) is 4.05. The molecule has 3 heterocycles. The molecule has 112 valence electrons. The van der Waals surface area contributed by atoms with Crippen LogP contribution in [-0.2, 0) is 11.3 Å². The minimum atomic E-state index is 0.155. The van der Waals surface area contributed by atoms with Crippen LogP contribution in [0.2, 0.25) is 0 Å². The molecule has 3 rings (SSSR count). The molecule has 2 aromatic rings. The zero-order chi connectivity index (χ0) is 14.8. The van der Waals surface area contributed by atoms with E-state index in [0.29, 0.717) is 12.5 Å².